The highest BCUT2D eigenvalue weighted by molar-refractivity contribution is 8.00. The number of benzene rings is 1. The first-order valence-electron chi connectivity index (χ1n) is 10.2. The van der Waals surface area contributed by atoms with Crippen LogP contribution in [0.5, 0.6) is 0 Å². The molecule has 1 atom stereocenters. The van der Waals surface area contributed by atoms with Crippen molar-refractivity contribution in [1.82, 2.24) is 20.1 Å². The summed E-state index contributed by atoms with van der Waals surface area (Å²) in [5, 5.41) is 14.2. The average Bonchev–Trinajstić information content (AvgIpc) is 3.35. The van der Waals surface area contributed by atoms with Crippen LogP contribution in [-0.4, -0.2) is 38.4 Å². The molecule has 0 radical (unpaired) electrons. The second-order valence-electron chi connectivity index (χ2n) is 7.39. The first kappa shape index (κ1) is 23.3. The number of para-hydroxylation sites is 1. The van der Waals surface area contributed by atoms with E-state index in [1.165, 1.54) is 11.8 Å². The molecule has 0 aliphatic heterocycles. The van der Waals surface area contributed by atoms with Crippen molar-refractivity contribution < 1.29 is 14.0 Å². The summed E-state index contributed by atoms with van der Waals surface area (Å²) in [5.41, 5.74) is 3.55. The van der Waals surface area contributed by atoms with E-state index in [4.69, 9.17) is 4.42 Å². The number of aromatic nitrogens is 3. The predicted molar refractivity (Wildman–Crippen MR) is 126 cm³/mol. The maximum absolute atomic E-state index is 12.6. The summed E-state index contributed by atoms with van der Waals surface area (Å²) in [6.45, 7) is 11.6. The van der Waals surface area contributed by atoms with Gasteiger partial charge in [-0.15, -0.1) is 16.8 Å². The van der Waals surface area contributed by atoms with E-state index in [1.807, 2.05) is 49.6 Å². The van der Waals surface area contributed by atoms with Gasteiger partial charge in [0.1, 0.15) is 5.76 Å². The summed E-state index contributed by atoms with van der Waals surface area (Å²) in [6.07, 6.45) is 3.35. The SMILES string of the molecule is C=CCn1c(S[C@@H](C)C(=O)NCC(=O)Nc2c(C)cccc2C)nnc1-c1ccoc1C. The highest BCUT2D eigenvalue weighted by atomic mass is 32.2. The van der Waals surface area contributed by atoms with Gasteiger partial charge in [0.15, 0.2) is 11.0 Å². The van der Waals surface area contributed by atoms with Gasteiger partial charge in [0.05, 0.1) is 23.6 Å². The van der Waals surface area contributed by atoms with Gasteiger partial charge in [-0.1, -0.05) is 36.0 Å². The molecule has 0 saturated heterocycles. The van der Waals surface area contributed by atoms with Crippen LogP contribution < -0.4 is 10.6 Å². The first-order chi connectivity index (χ1) is 15.3. The number of aryl methyl sites for hydroxylation is 3. The fourth-order valence-electron chi connectivity index (χ4n) is 3.20. The van der Waals surface area contributed by atoms with Crippen molar-refractivity contribution in [3.8, 4) is 11.4 Å². The van der Waals surface area contributed by atoms with Crippen LogP contribution in [0.25, 0.3) is 11.4 Å². The van der Waals surface area contributed by atoms with Gasteiger partial charge in [-0.2, -0.15) is 0 Å². The number of amides is 2. The van der Waals surface area contributed by atoms with Crippen molar-refractivity contribution in [3.63, 3.8) is 0 Å². The zero-order valence-corrected chi connectivity index (χ0v) is 19.5. The average molecular weight is 454 g/mol. The Morgan fingerprint density at radius 3 is 2.56 bits per heavy atom. The summed E-state index contributed by atoms with van der Waals surface area (Å²) < 4.78 is 7.26. The Morgan fingerprint density at radius 1 is 1.22 bits per heavy atom. The number of carbonyl (C=O) groups excluding carboxylic acids is 2. The monoisotopic (exact) mass is 453 g/mol. The molecule has 2 amide bonds. The van der Waals surface area contributed by atoms with Gasteiger partial charge in [-0.3, -0.25) is 14.2 Å². The molecular formula is C23H27N5O3S. The van der Waals surface area contributed by atoms with E-state index in [1.54, 1.807) is 19.3 Å². The van der Waals surface area contributed by atoms with Gasteiger partial charge in [0, 0.05) is 12.2 Å². The Bertz CT molecular complexity index is 1110. The number of thioether (sulfide) groups is 1. The van der Waals surface area contributed by atoms with Crippen LogP contribution in [-0.2, 0) is 16.1 Å². The van der Waals surface area contributed by atoms with Gasteiger partial charge in [0.25, 0.3) is 0 Å². The van der Waals surface area contributed by atoms with E-state index >= 15 is 0 Å². The molecule has 0 saturated carbocycles. The molecule has 2 N–H and O–H groups in total. The quantitative estimate of drug-likeness (QED) is 0.377. The molecular weight excluding hydrogens is 426 g/mol. The van der Waals surface area contributed by atoms with Crippen molar-refractivity contribution in [1.29, 1.82) is 0 Å². The van der Waals surface area contributed by atoms with E-state index in [0.717, 1.165) is 28.1 Å². The molecule has 0 spiro atoms. The first-order valence-corrected chi connectivity index (χ1v) is 11.1. The number of nitrogens with zero attached hydrogens (tertiary/aromatic N) is 3. The van der Waals surface area contributed by atoms with E-state index in [9.17, 15) is 9.59 Å². The molecule has 0 aliphatic carbocycles. The fourth-order valence-corrected chi connectivity index (χ4v) is 4.09. The van der Waals surface area contributed by atoms with Gasteiger partial charge in [-0.05, 0) is 44.9 Å². The number of anilines is 1. The molecule has 0 fully saturated rings. The summed E-state index contributed by atoms with van der Waals surface area (Å²) in [7, 11) is 0. The van der Waals surface area contributed by atoms with Crippen molar-refractivity contribution in [2.24, 2.45) is 0 Å². The third-order valence-corrected chi connectivity index (χ3v) is 6.03. The number of hydrogen-bond donors (Lipinski definition) is 2. The lowest BCUT2D eigenvalue weighted by Gasteiger charge is -2.14. The predicted octanol–water partition coefficient (Wildman–Crippen LogP) is 3.88. The molecule has 1 aromatic carbocycles. The largest absolute Gasteiger partial charge is 0.469 e. The van der Waals surface area contributed by atoms with Crippen molar-refractivity contribution >= 4 is 29.3 Å². The van der Waals surface area contributed by atoms with Crippen LogP contribution in [0.1, 0.15) is 23.8 Å². The van der Waals surface area contributed by atoms with Crippen LogP contribution in [0.3, 0.4) is 0 Å². The lowest BCUT2D eigenvalue weighted by atomic mass is 10.1. The summed E-state index contributed by atoms with van der Waals surface area (Å²) in [5.74, 6) is 0.848. The number of carbonyl (C=O) groups is 2. The number of hydrogen-bond acceptors (Lipinski definition) is 6. The van der Waals surface area contributed by atoms with Crippen molar-refractivity contribution in [2.45, 2.75) is 44.6 Å². The number of furan rings is 1. The number of allylic oxidation sites excluding steroid dienone is 1. The number of nitrogens with one attached hydrogen (secondary N) is 2. The molecule has 0 bridgehead atoms. The zero-order chi connectivity index (χ0) is 23.3. The van der Waals surface area contributed by atoms with E-state index < -0.39 is 5.25 Å². The lowest BCUT2D eigenvalue weighted by molar-refractivity contribution is -0.123. The van der Waals surface area contributed by atoms with Gasteiger partial charge in [0.2, 0.25) is 11.8 Å². The molecule has 168 valence electrons. The van der Waals surface area contributed by atoms with Gasteiger partial charge in [-0.25, -0.2) is 0 Å². The summed E-state index contributed by atoms with van der Waals surface area (Å²) in [6, 6.07) is 7.63. The Morgan fingerprint density at radius 2 is 1.94 bits per heavy atom. The minimum atomic E-state index is -0.478. The fraction of sp³-hybridized carbons (Fsp3) is 0.304. The normalized spacial score (nSPS) is 11.8. The van der Waals surface area contributed by atoms with Crippen LogP contribution in [0.2, 0.25) is 0 Å². The summed E-state index contributed by atoms with van der Waals surface area (Å²) >= 11 is 1.27. The minimum absolute atomic E-state index is 0.115. The van der Waals surface area contributed by atoms with Crippen molar-refractivity contribution in [3.05, 3.63) is 60.1 Å². The Labute approximate surface area is 191 Å². The molecule has 8 nitrogen and oxygen atoms in total. The van der Waals surface area contributed by atoms with Crippen LogP contribution in [0.4, 0.5) is 5.69 Å². The Balaban J connectivity index is 1.62. The van der Waals surface area contributed by atoms with Crippen molar-refractivity contribution in [2.75, 3.05) is 11.9 Å². The van der Waals surface area contributed by atoms with Gasteiger partial charge < -0.3 is 15.1 Å². The molecule has 3 rings (SSSR count). The zero-order valence-electron chi connectivity index (χ0n) is 18.6. The third-order valence-electron chi connectivity index (χ3n) is 4.95. The smallest absolute Gasteiger partial charge is 0.243 e. The number of rotatable bonds is 9. The lowest BCUT2D eigenvalue weighted by Crippen LogP contribution is -2.37. The molecule has 2 heterocycles. The van der Waals surface area contributed by atoms with Gasteiger partial charge >= 0.3 is 0 Å². The van der Waals surface area contributed by atoms with Crippen LogP contribution in [0, 0.1) is 20.8 Å². The topological polar surface area (TPSA) is 102 Å². The highest BCUT2D eigenvalue weighted by Crippen LogP contribution is 2.29. The summed E-state index contributed by atoms with van der Waals surface area (Å²) in [4.78, 5) is 24.9. The maximum Gasteiger partial charge on any atom is 0.243 e. The second-order valence-corrected chi connectivity index (χ2v) is 8.70. The third kappa shape index (κ3) is 5.28. The minimum Gasteiger partial charge on any atom is -0.469 e. The van der Waals surface area contributed by atoms with E-state index in [2.05, 4.69) is 27.4 Å². The standard InChI is InChI=1S/C23H27N5O3S/c1-6-11-28-21(18-10-12-31-16(18)4)26-27-23(28)32-17(5)22(30)24-13-19(29)25-20-14(2)8-7-9-15(20)3/h6-10,12,17H,1,11,13H2,2-5H3,(H,24,30)(H,25,29)/t17-/m0/s1. The van der Waals surface area contributed by atoms with Crippen LogP contribution in [0.15, 0.2) is 52.8 Å². The molecule has 0 aliphatic rings. The second kappa shape index (κ2) is 10.3. The van der Waals surface area contributed by atoms with E-state index in [-0.39, 0.29) is 18.4 Å². The maximum atomic E-state index is 12.6. The molecule has 3 aromatic rings. The molecule has 9 heteroatoms. The van der Waals surface area contributed by atoms with Crippen LogP contribution >= 0.6 is 11.8 Å². The molecule has 2 aromatic heterocycles. The highest BCUT2D eigenvalue weighted by Gasteiger charge is 2.22. The Kier molecular flexibility index (Phi) is 7.53. The molecule has 0 unspecified atom stereocenters. The molecule has 32 heavy (non-hydrogen) atoms. The van der Waals surface area contributed by atoms with E-state index in [0.29, 0.717) is 17.5 Å². The Hall–Kier alpha value is -3.33.